The number of esters is 1. The first-order valence-electron chi connectivity index (χ1n) is 5.20. The molecule has 3 unspecified atom stereocenters. The summed E-state index contributed by atoms with van der Waals surface area (Å²) in [5.41, 5.74) is 0. The molecule has 0 amide bonds. The maximum Gasteiger partial charge on any atom is 0.312 e. The molecule has 0 aromatic carbocycles. The summed E-state index contributed by atoms with van der Waals surface area (Å²) in [7, 11) is 0. The number of Topliss-reactive ketones (excluding diaryl/α,β-unsaturated/α-hetero) is 1. The van der Waals surface area contributed by atoms with E-state index in [9.17, 15) is 9.59 Å². The third-order valence-electron chi connectivity index (χ3n) is 2.98. The first kappa shape index (κ1) is 10.4. The Hall–Kier alpha value is -1.16. The largest absolute Gasteiger partial charge is 0.438 e. The first-order chi connectivity index (χ1) is 7.24. The van der Waals surface area contributed by atoms with Crippen LogP contribution in [0.2, 0.25) is 0 Å². The van der Waals surface area contributed by atoms with Gasteiger partial charge in [0.25, 0.3) is 0 Å². The van der Waals surface area contributed by atoms with E-state index in [0.29, 0.717) is 13.0 Å². The van der Waals surface area contributed by atoms with Crippen LogP contribution in [0, 0.1) is 17.8 Å². The number of fused-ring (bicyclic) bond motifs is 2. The number of carbonyl (C=O) groups excluding carboxylic acids is 2. The zero-order valence-electron chi connectivity index (χ0n) is 8.64. The average molecular weight is 210 g/mol. The zero-order chi connectivity index (χ0) is 10.8. The summed E-state index contributed by atoms with van der Waals surface area (Å²) in [6, 6.07) is 0. The number of ether oxygens (including phenoxy) is 2. The van der Waals surface area contributed by atoms with E-state index >= 15 is 0 Å². The lowest BCUT2D eigenvalue weighted by Crippen LogP contribution is -2.23. The number of allylic oxidation sites excluding steroid dienone is 2. The van der Waals surface area contributed by atoms with Gasteiger partial charge in [-0.2, -0.15) is 0 Å². The van der Waals surface area contributed by atoms with E-state index < -0.39 is 0 Å². The van der Waals surface area contributed by atoms with E-state index in [2.05, 4.69) is 0 Å². The second-order valence-corrected chi connectivity index (χ2v) is 3.84. The van der Waals surface area contributed by atoms with Gasteiger partial charge in [0, 0.05) is 18.4 Å². The van der Waals surface area contributed by atoms with E-state index in [1.165, 1.54) is 0 Å². The summed E-state index contributed by atoms with van der Waals surface area (Å²) >= 11 is 0. The van der Waals surface area contributed by atoms with Gasteiger partial charge >= 0.3 is 5.97 Å². The fourth-order valence-corrected chi connectivity index (χ4v) is 2.17. The summed E-state index contributed by atoms with van der Waals surface area (Å²) in [5.74, 6) is -0.737. The van der Waals surface area contributed by atoms with Crippen LogP contribution in [0.25, 0.3) is 0 Å². The average Bonchev–Trinajstić information content (AvgIpc) is 2.74. The monoisotopic (exact) mass is 210 g/mol. The SMILES string of the molecule is CCOCOC(=O)C1CC2C=CC1C2=O. The Morgan fingerprint density at radius 1 is 1.53 bits per heavy atom. The fourth-order valence-electron chi connectivity index (χ4n) is 2.17. The van der Waals surface area contributed by atoms with Gasteiger partial charge in [0.05, 0.1) is 5.92 Å². The van der Waals surface area contributed by atoms with Crippen LogP contribution in [0.3, 0.4) is 0 Å². The number of carbonyl (C=O) groups is 2. The van der Waals surface area contributed by atoms with Gasteiger partial charge in [-0.3, -0.25) is 9.59 Å². The van der Waals surface area contributed by atoms with E-state index in [1.54, 1.807) is 0 Å². The smallest absolute Gasteiger partial charge is 0.312 e. The third-order valence-corrected chi connectivity index (χ3v) is 2.98. The Labute approximate surface area is 88.2 Å². The van der Waals surface area contributed by atoms with Crippen molar-refractivity contribution in [1.82, 2.24) is 0 Å². The van der Waals surface area contributed by atoms with E-state index in [4.69, 9.17) is 9.47 Å². The lowest BCUT2D eigenvalue weighted by Gasteiger charge is -2.14. The minimum atomic E-state index is -0.311. The quantitative estimate of drug-likeness (QED) is 0.299. The van der Waals surface area contributed by atoms with Crippen LogP contribution < -0.4 is 0 Å². The highest BCUT2D eigenvalue weighted by molar-refractivity contribution is 5.96. The number of ketones is 1. The minimum absolute atomic E-state index is 0.0128. The Morgan fingerprint density at radius 3 is 2.87 bits per heavy atom. The molecule has 2 aliphatic carbocycles. The highest BCUT2D eigenvalue weighted by Gasteiger charge is 2.47. The van der Waals surface area contributed by atoms with Gasteiger partial charge in [-0.15, -0.1) is 0 Å². The molecule has 0 aliphatic heterocycles. The molecule has 15 heavy (non-hydrogen) atoms. The Morgan fingerprint density at radius 2 is 2.33 bits per heavy atom. The van der Waals surface area contributed by atoms with Crippen LogP contribution in [0.5, 0.6) is 0 Å². The van der Waals surface area contributed by atoms with Crippen molar-refractivity contribution in [2.24, 2.45) is 17.8 Å². The Balaban J connectivity index is 1.88. The molecule has 1 fully saturated rings. The molecule has 2 bridgehead atoms. The van der Waals surface area contributed by atoms with Crippen LogP contribution >= 0.6 is 0 Å². The molecule has 0 N–H and O–H groups in total. The molecule has 4 heteroatoms. The van der Waals surface area contributed by atoms with Gasteiger partial charge in [0.15, 0.2) is 6.79 Å². The van der Waals surface area contributed by atoms with Crippen molar-refractivity contribution >= 4 is 11.8 Å². The molecular weight excluding hydrogens is 196 g/mol. The highest BCUT2D eigenvalue weighted by Crippen LogP contribution is 2.40. The summed E-state index contributed by atoms with van der Waals surface area (Å²) in [4.78, 5) is 23.1. The van der Waals surface area contributed by atoms with Crippen molar-refractivity contribution in [3.8, 4) is 0 Å². The van der Waals surface area contributed by atoms with Crippen molar-refractivity contribution in [2.45, 2.75) is 13.3 Å². The molecule has 3 atom stereocenters. The Bertz CT molecular complexity index is 308. The predicted molar refractivity (Wildman–Crippen MR) is 51.8 cm³/mol. The third kappa shape index (κ3) is 1.81. The van der Waals surface area contributed by atoms with Crippen molar-refractivity contribution < 1.29 is 19.1 Å². The van der Waals surface area contributed by atoms with Crippen LogP contribution in [0.1, 0.15) is 13.3 Å². The first-order valence-corrected chi connectivity index (χ1v) is 5.20. The summed E-state index contributed by atoms with van der Waals surface area (Å²) in [5, 5.41) is 0. The minimum Gasteiger partial charge on any atom is -0.438 e. The number of hydrogen-bond donors (Lipinski definition) is 0. The molecule has 0 saturated heterocycles. The molecule has 0 radical (unpaired) electrons. The molecular formula is C11H14O4. The lowest BCUT2D eigenvalue weighted by atomic mass is 9.94. The van der Waals surface area contributed by atoms with E-state index in [1.807, 2.05) is 19.1 Å². The topological polar surface area (TPSA) is 52.6 Å². The maximum absolute atomic E-state index is 11.6. The lowest BCUT2D eigenvalue weighted by molar-refractivity contribution is -0.162. The van der Waals surface area contributed by atoms with Gasteiger partial charge in [-0.1, -0.05) is 12.2 Å². The molecule has 0 heterocycles. The van der Waals surface area contributed by atoms with Gasteiger partial charge in [0.2, 0.25) is 0 Å². The highest BCUT2D eigenvalue weighted by atomic mass is 16.7. The summed E-state index contributed by atoms with van der Waals surface area (Å²) in [6.45, 7) is 2.33. The normalized spacial score (nSPS) is 32.3. The molecule has 82 valence electrons. The summed E-state index contributed by atoms with van der Waals surface area (Å²) in [6.07, 6.45) is 4.31. The van der Waals surface area contributed by atoms with Crippen LogP contribution in [-0.2, 0) is 19.1 Å². The van der Waals surface area contributed by atoms with Gasteiger partial charge in [-0.25, -0.2) is 0 Å². The molecule has 4 nitrogen and oxygen atoms in total. The summed E-state index contributed by atoms with van der Waals surface area (Å²) < 4.78 is 9.84. The Kier molecular flexibility index (Phi) is 2.86. The molecule has 0 spiro atoms. The zero-order valence-corrected chi connectivity index (χ0v) is 8.64. The second-order valence-electron chi connectivity index (χ2n) is 3.84. The van der Waals surface area contributed by atoms with Crippen molar-refractivity contribution in [3.05, 3.63) is 12.2 Å². The van der Waals surface area contributed by atoms with Crippen molar-refractivity contribution in [2.75, 3.05) is 13.4 Å². The molecule has 0 aromatic heterocycles. The fraction of sp³-hybridized carbons (Fsp3) is 0.636. The van der Waals surface area contributed by atoms with Gasteiger partial charge in [-0.05, 0) is 13.3 Å². The maximum atomic E-state index is 11.6. The second kappa shape index (κ2) is 4.14. The molecule has 0 aromatic rings. The van der Waals surface area contributed by atoms with Crippen molar-refractivity contribution in [1.29, 1.82) is 0 Å². The van der Waals surface area contributed by atoms with Crippen LogP contribution in [-0.4, -0.2) is 25.2 Å². The van der Waals surface area contributed by atoms with Crippen molar-refractivity contribution in [3.63, 3.8) is 0 Å². The van der Waals surface area contributed by atoms with E-state index in [0.717, 1.165) is 0 Å². The van der Waals surface area contributed by atoms with Gasteiger partial charge in [0.1, 0.15) is 5.78 Å². The van der Waals surface area contributed by atoms with E-state index in [-0.39, 0.29) is 36.3 Å². The standard InChI is InChI=1S/C11H14O4/c1-2-14-6-15-11(13)9-5-7-3-4-8(9)10(7)12/h3-4,7-9H,2,5-6H2,1H3. The van der Waals surface area contributed by atoms with Crippen LogP contribution in [0.4, 0.5) is 0 Å². The molecule has 1 saturated carbocycles. The number of hydrogen-bond acceptors (Lipinski definition) is 4. The molecule has 2 aliphatic rings. The number of rotatable bonds is 4. The predicted octanol–water partition coefficient (Wildman–Crippen LogP) is 0.915. The molecule has 2 rings (SSSR count). The van der Waals surface area contributed by atoms with Gasteiger partial charge < -0.3 is 9.47 Å². The van der Waals surface area contributed by atoms with Crippen LogP contribution in [0.15, 0.2) is 12.2 Å².